The molecule has 0 spiro atoms. The molecule has 1 rings (SSSR count). The fourth-order valence-corrected chi connectivity index (χ4v) is 2.57. The maximum absolute atomic E-state index is 12.4. The lowest BCUT2D eigenvalue weighted by Crippen LogP contribution is -2.39. The van der Waals surface area contributed by atoms with Crippen LogP contribution >= 0.6 is 0 Å². The van der Waals surface area contributed by atoms with Gasteiger partial charge in [-0.15, -0.1) is 0 Å². The molecule has 1 heteroatoms. The van der Waals surface area contributed by atoms with Crippen LogP contribution in [-0.2, 0) is 4.79 Å². The zero-order valence-corrected chi connectivity index (χ0v) is 11.4. The molecule has 1 aliphatic rings. The van der Waals surface area contributed by atoms with Crippen molar-refractivity contribution in [2.75, 3.05) is 0 Å². The van der Waals surface area contributed by atoms with Gasteiger partial charge in [0, 0.05) is 5.92 Å². The van der Waals surface area contributed by atoms with Crippen molar-refractivity contribution in [3.63, 3.8) is 0 Å². The Balaban J connectivity index is 3.14. The maximum atomic E-state index is 12.4. The van der Waals surface area contributed by atoms with Crippen LogP contribution in [0.4, 0.5) is 0 Å². The first-order valence-corrected chi connectivity index (χ1v) is 6.16. The number of hydrogen-bond acceptors (Lipinski definition) is 1. The average Bonchev–Trinajstić information content (AvgIpc) is 2.22. The van der Waals surface area contributed by atoms with Crippen LogP contribution in [0.1, 0.15) is 48.0 Å². The highest BCUT2D eigenvalue weighted by Crippen LogP contribution is 2.45. The molecule has 1 aliphatic carbocycles. The summed E-state index contributed by atoms with van der Waals surface area (Å²) in [6, 6.07) is 0. The van der Waals surface area contributed by atoms with Gasteiger partial charge in [-0.2, -0.15) is 0 Å². The first-order chi connectivity index (χ1) is 7.32. The van der Waals surface area contributed by atoms with Crippen molar-refractivity contribution in [3.05, 3.63) is 23.3 Å². The fourth-order valence-electron chi connectivity index (χ4n) is 2.57. The Labute approximate surface area is 99.6 Å². The van der Waals surface area contributed by atoms with E-state index in [4.69, 9.17) is 0 Å². The first-order valence-electron chi connectivity index (χ1n) is 6.16. The minimum absolute atomic E-state index is 0.0625. The molecule has 0 aromatic heterocycles. The SMILES string of the molecule is CC=C(C)C(=O)C1C(C)=CCC(C)C1(C)C. The number of hydrogen-bond donors (Lipinski definition) is 0. The molecule has 0 N–H and O–H groups in total. The van der Waals surface area contributed by atoms with Crippen LogP contribution in [0.2, 0.25) is 0 Å². The van der Waals surface area contributed by atoms with Gasteiger partial charge in [0.15, 0.2) is 5.78 Å². The molecule has 2 unspecified atom stereocenters. The van der Waals surface area contributed by atoms with Crippen molar-refractivity contribution in [2.45, 2.75) is 48.0 Å². The Bertz CT molecular complexity index is 344. The van der Waals surface area contributed by atoms with E-state index < -0.39 is 0 Å². The van der Waals surface area contributed by atoms with Crippen LogP contribution < -0.4 is 0 Å². The van der Waals surface area contributed by atoms with Crippen LogP contribution in [0.5, 0.6) is 0 Å². The molecule has 16 heavy (non-hydrogen) atoms. The van der Waals surface area contributed by atoms with E-state index in [1.54, 1.807) is 0 Å². The van der Waals surface area contributed by atoms with Gasteiger partial charge in [-0.1, -0.05) is 38.5 Å². The van der Waals surface area contributed by atoms with Crippen LogP contribution in [-0.4, -0.2) is 5.78 Å². The Hall–Kier alpha value is -0.850. The van der Waals surface area contributed by atoms with E-state index in [1.807, 2.05) is 19.9 Å². The predicted molar refractivity (Wildman–Crippen MR) is 69.2 cm³/mol. The smallest absolute Gasteiger partial charge is 0.165 e. The second-order valence-electron chi connectivity index (χ2n) is 5.68. The first kappa shape index (κ1) is 13.2. The molecule has 0 heterocycles. The molecule has 0 saturated carbocycles. The molecule has 0 aromatic rings. The van der Waals surface area contributed by atoms with Crippen LogP contribution in [0.15, 0.2) is 23.3 Å². The number of carbonyl (C=O) groups is 1. The number of allylic oxidation sites excluding steroid dienone is 4. The van der Waals surface area contributed by atoms with Crippen molar-refractivity contribution < 1.29 is 4.79 Å². The summed E-state index contributed by atoms with van der Waals surface area (Å²) in [6.07, 6.45) is 5.25. The van der Waals surface area contributed by atoms with Gasteiger partial charge in [0.25, 0.3) is 0 Å². The van der Waals surface area contributed by atoms with Gasteiger partial charge in [0.2, 0.25) is 0 Å². The number of rotatable bonds is 2. The highest BCUT2D eigenvalue weighted by atomic mass is 16.1. The molecular formula is C15H24O. The van der Waals surface area contributed by atoms with Gasteiger partial charge < -0.3 is 0 Å². The van der Waals surface area contributed by atoms with Gasteiger partial charge >= 0.3 is 0 Å². The van der Waals surface area contributed by atoms with E-state index in [9.17, 15) is 4.79 Å². The topological polar surface area (TPSA) is 17.1 Å². The third kappa shape index (κ3) is 2.14. The standard InChI is InChI=1S/C15H24O/c1-7-10(2)14(16)13-11(3)8-9-12(4)15(13,5)6/h7-8,12-13H,9H2,1-6H3. The molecule has 0 fully saturated rings. The van der Waals surface area contributed by atoms with Crippen LogP contribution in [0, 0.1) is 17.3 Å². The molecule has 0 amide bonds. The van der Waals surface area contributed by atoms with Crippen molar-refractivity contribution >= 4 is 5.78 Å². The minimum atomic E-state index is 0.0625. The zero-order chi connectivity index (χ0) is 12.5. The van der Waals surface area contributed by atoms with Gasteiger partial charge in [-0.3, -0.25) is 4.79 Å². The van der Waals surface area contributed by atoms with E-state index in [0.717, 1.165) is 12.0 Å². The van der Waals surface area contributed by atoms with Crippen LogP contribution in [0.25, 0.3) is 0 Å². The monoisotopic (exact) mass is 220 g/mol. The lowest BCUT2D eigenvalue weighted by Gasteiger charge is -2.42. The summed E-state index contributed by atoms with van der Waals surface area (Å²) >= 11 is 0. The summed E-state index contributed by atoms with van der Waals surface area (Å²) in [5, 5.41) is 0. The Morgan fingerprint density at radius 3 is 2.56 bits per heavy atom. The molecule has 0 saturated heterocycles. The lowest BCUT2D eigenvalue weighted by molar-refractivity contribution is -0.122. The van der Waals surface area contributed by atoms with Crippen molar-refractivity contribution in [3.8, 4) is 0 Å². The van der Waals surface area contributed by atoms with Gasteiger partial charge in [0.05, 0.1) is 0 Å². The average molecular weight is 220 g/mol. The molecule has 1 nitrogen and oxygen atoms in total. The van der Waals surface area contributed by atoms with Crippen LogP contribution in [0.3, 0.4) is 0 Å². The molecule has 2 atom stereocenters. The van der Waals surface area contributed by atoms with E-state index >= 15 is 0 Å². The Morgan fingerprint density at radius 2 is 2.06 bits per heavy atom. The largest absolute Gasteiger partial charge is 0.294 e. The highest BCUT2D eigenvalue weighted by molar-refractivity contribution is 5.98. The fraction of sp³-hybridized carbons (Fsp3) is 0.667. The van der Waals surface area contributed by atoms with E-state index in [2.05, 4.69) is 33.8 Å². The van der Waals surface area contributed by atoms with Gasteiger partial charge in [-0.05, 0) is 44.1 Å². The van der Waals surface area contributed by atoms with Crippen molar-refractivity contribution in [1.82, 2.24) is 0 Å². The number of carbonyl (C=O) groups excluding carboxylic acids is 1. The Kier molecular flexibility index (Phi) is 3.77. The summed E-state index contributed by atoms with van der Waals surface area (Å²) in [5.41, 5.74) is 2.20. The Morgan fingerprint density at radius 1 is 1.50 bits per heavy atom. The minimum Gasteiger partial charge on any atom is -0.294 e. The van der Waals surface area contributed by atoms with Crippen molar-refractivity contribution in [2.24, 2.45) is 17.3 Å². The lowest BCUT2D eigenvalue weighted by atomic mass is 9.61. The van der Waals surface area contributed by atoms with Crippen molar-refractivity contribution in [1.29, 1.82) is 0 Å². The summed E-state index contributed by atoms with van der Waals surface area (Å²) in [5.74, 6) is 0.926. The summed E-state index contributed by atoms with van der Waals surface area (Å²) in [7, 11) is 0. The molecule has 0 radical (unpaired) electrons. The second kappa shape index (κ2) is 4.57. The molecule has 0 aromatic carbocycles. The number of Topliss-reactive ketones (excluding diaryl/α,β-unsaturated/α-hetero) is 1. The molecule has 0 aliphatic heterocycles. The van der Waals surface area contributed by atoms with E-state index in [1.165, 1.54) is 5.57 Å². The van der Waals surface area contributed by atoms with E-state index in [0.29, 0.717) is 11.7 Å². The number of ketones is 1. The normalized spacial score (nSPS) is 29.9. The third-order valence-electron chi connectivity index (χ3n) is 4.35. The summed E-state index contributed by atoms with van der Waals surface area (Å²) in [6.45, 7) is 12.6. The summed E-state index contributed by atoms with van der Waals surface area (Å²) < 4.78 is 0. The van der Waals surface area contributed by atoms with Gasteiger partial charge in [-0.25, -0.2) is 0 Å². The summed E-state index contributed by atoms with van der Waals surface area (Å²) in [4.78, 5) is 12.4. The zero-order valence-electron chi connectivity index (χ0n) is 11.4. The second-order valence-corrected chi connectivity index (χ2v) is 5.68. The molecular weight excluding hydrogens is 196 g/mol. The molecule has 90 valence electrons. The highest BCUT2D eigenvalue weighted by Gasteiger charge is 2.42. The maximum Gasteiger partial charge on any atom is 0.165 e. The third-order valence-corrected chi connectivity index (χ3v) is 4.35. The predicted octanol–water partition coefficient (Wildman–Crippen LogP) is 4.15. The molecule has 0 bridgehead atoms. The van der Waals surface area contributed by atoms with Gasteiger partial charge in [0.1, 0.15) is 0 Å². The van der Waals surface area contributed by atoms with E-state index in [-0.39, 0.29) is 11.3 Å². The quantitative estimate of drug-likeness (QED) is 0.504.